The number of aliphatic carboxylic acids is 2. The third-order valence-electron chi connectivity index (χ3n) is 19.1. The fourth-order valence-electron chi connectivity index (χ4n) is 13.3. The molecule has 41 atom stereocenters. The number of aliphatic hydroxyl groups is 24. The molecule has 598 valence electrons. The zero-order valence-electron chi connectivity index (χ0n) is 54.5. The molecule has 0 aromatic carbocycles. The second kappa shape index (κ2) is 36.1. The molecule has 0 aromatic heterocycles. The van der Waals surface area contributed by atoms with Crippen molar-refractivity contribution in [1.82, 2.24) is 5.32 Å². The molecule has 103 heavy (non-hydrogen) atoms. The number of carboxylic acids is 2. The number of rotatable bonds is 30. The molecule has 0 aromatic rings. The van der Waals surface area contributed by atoms with E-state index in [0.29, 0.717) is 0 Å². The molecule has 0 bridgehead atoms. The van der Waals surface area contributed by atoms with Crippen LogP contribution in [0.2, 0.25) is 0 Å². The first-order valence-electron chi connectivity index (χ1n) is 32.3. The highest BCUT2D eigenvalue weighted by atomic mass is 16.8. The van der Waals surface area contributed by atoms with Crippen LogP contribution in [0.1, 0.15) is 19.8 Å². The lowest BCUT2D eigenvalue weighted by Gasteiger charge is -2.52. The van der Waals surface area contributed by atoms with Crippen molar-refractivity contribution in [3.05, 3.63) is 0 Å². The van der Waals surface area contributed by atoms with Crippen molar-refractivity contribution in [1.29, 1.82) is 0 Å². The summed E-state index contributed by atoms with van der Waals surface area (Å²) in [5.41, 5.74) is 6.58. The number of ether oxygens (including phenoxy) is 16. The highest BCUT2D eigenvalue weighted by molar-refractivity contribution is 5.77. The van der Waals surface area contributed by atoms with E-state index in [2.05, 4.69) is 5.32 Å². The van der Waals surface area contributed by atoms with Crippen LogP contribution in [0.15, 0.2) is 0 Å². The smallest absolute Gasteiger partial charge is 0.364 e. The van der Waals surface area contributed by atoms with E-state index in [1.54, 1.807) is 0 Å². The second-order valence-electron chi connectivity index (χ2n) is 25.8. The molecule has 8 rings (SSSR count). The monoisotopic (exact) mass is 1510 g/mol. The molecule has 47 nitrogen and oxygen atoms in total. The minimum atomic E-state index is -3.53. The fraction of sp³-hybridized carbons (Fsp3) is 0.946. The Hall–Kier alpha value is -3.23. The normalized spacial score (nSPS) is 48.2. The minimum absolute atomic E-state index is 0.847. The van der Waals surface area contributed by atoms with Crippen molar-refractivity contribution < 1.29 is 223 Å². The lowest BCUT2D eigenvalue weighted by molar-refractivity contribution is -0.400. The average molecular weight is 1520 g/mol. The molecule has 8 fully saturated rings. The average Bonchev–Trinajstić information content (AvgIpc) is 1.19. The highest BCUT2D eigenvalue weighted by Gasteiger charge is 2.65. The van der Waals surface area contributed by atoms with Gasteiger partial charge in [0.05, 0.1) is 77.1 Å². The van der Waals surface area contributed by atoms with E-state index in [0.717, 1.165) is 14.0 Å². The van der Waals surface area contributed by atoms with Crippen LogP contribution in [-0.2, 0) is 90.2 Å². The van der Waals surface area contributed by atoms with Gasteiger partial charge in [-0.05, 0) is 0 Å². The number of amides is 1. The predicted octanol–water partition coefficient (Wildman–Crippen LogP) is -18.6. The van der Waals surface area contributed by atoms with Crippen molar-refractivity contribution in [3.63, 3.8) is 0 Å². The van der Waals surface area contributed by atoms with Gasteiger partial charge in [-0.2, -0.15) is 0 Å². The predicted molar refractivity (Wildman–Crippen MR) is 311 cm³/mol. The Morgan fingerprint density at radius 2 is 0.806 bits per heavy atom. The van der Waals surface area contributed by atoms with Crippen LogP contribution in [-0.4, -0.2) is 461 Å². The zero-order chi connectivity index (χ0) is 76.3. The van der Waals surface area contributed by atoms with E-state index in [1.165, 1.54) is 0 Å². The topological polar surface area (TPSA) is 763 Å². The van der Waals surface area contributed by atoms with Crippen LogP contribution in [0, 0.1) is 0 Å². The Labute approximate surface area is 581 Å². The maximum absolute atomic E-state index is 13.9. The van der Waals surface area contributed by atoms with Gasteiger partial charge in [-0.3, -0.25) is 4.79 Å². The molecule has 0 aliphatic carbocycles. The number of carbonyl (C=O) groups is 3. The van der Waals surface area contributed by atoms with Crippen molar-refractivity contribution in [2.75, 3.05) is 60.0 Å². The summed E-state index contributed by atoms with van der Waals surface area (Å²) in [6, 6.07) is -3.90. The first-order valence-corrected chi connectivity index (χ1v) is 32.3. The van der Waals surface area contributed by atoms with Crippen LogP contribution < -0.4 is 11.1 Å². The van der Waals surface area contributed by atoms with E-state index < -0.39 is 334 Å². The molecule has 47 heteroatoms. The Morgan fingerprint density at radius 3 is 1.19 bits per heavy atom. The van der Waals surface area contributed by atoms with Gasteiger partial charge in [-0.25, -0.2) is 9.59 Å². The Balaban J connectivity index is 1.10. The van der Waals surface area contributed by atoms with E-state index in [4.69, 9.17) is 81.5 Å². The maximum atomic E-state index is 13.9. The zero-order valence-corrected chi connectivity index (χ0v) is 54.5. The molecule has 0 saturated carbocycles. The third-order valence-corrected chi connectivity index (χ3v) is 19.1. The Bertz CT molecular complexity index is 2690. The molecule has 4 unspecified atom stereocenters. The van der Waals surface area contributed by atoms with E-state index >= 15 is 0 Å². The summed E-state index contributed by atoms with van der Waals surface area (Å²) < 4.78 is 91.0. The van der Waals surface area contributed by atoms with Crippen LogP contribution in [0.25, 0.3) is 0 Å². The number of methoxy groups -OCH3 is 1. The standard InChI is InChI=1S/C56H94N2O45/c1-13(67)58-25-16(4-56(54(86)87,101-42(25)26(69)14(68)5-59)103-45-31(74)21(10-64)95-51(38(45)81)97-40-23(12-66)89-47(83)34(77)33(40)76)91-50-37(80)44(30(73)20(9-63)94-50)99-52-39(82)46(32(75)22(11-65)96-52)102-55(53(84)85)3-15(24(57)41(100-55)28(71)17(6-60)88-2)90-49-36(79)43(29(72)19(8-62)93-49)98-48-35(78)27(70)18(7-61)92-48/h14-52,59-66,68-83H,3-12,57H2,1-2H3,(H,58,67)(H,84,85)(H,86,87)/t14-,15+,16+,17-,18+,19-,20-,21-,22-,23-,24-,25-,26-,27+,28-,29+,30+,31+,32+,33-,34-,35-,36-,37-,38-,39-,40-,41-,42-,43+,44+,45+,46+,47-,48+,49+,50?,51+,52?,55?,56?/m1/s1. The molecule has 8 aliphatic heterocycles. The van der Waals surface area contributed by atoms with Crippen LogP contribution in [0.5, 0.6) is 0 Å². The number of hydrogen-bond acceptors (Lipinski definition) is 44. The lowest BCUT2D eigenvalue weighted by Crippen LogP contribution is -2.72. The molecule has 8 heterocycles. The van der Waals surface area contributed by atoms with Gasteiger partial charge < -0.3 is 220 Å². The molecule has 0 spiro atoms. The van der Waals surface area contributed by atoms with Crippen molar-refractivity contribution in [3.8, 4) is 0 Å². The summed E-state index contributed by atoms with van der Waals surface area (Å²) in [5, 5.41) is 287. The third kappa shape index (κ3) is 17.7. The van der Waals surface area contributed by atoms with Gasteiger partial charge in [0, 0.05) is 26.9 Å². The molecule has 1 amide bonds. The number of nitrogens with one attached hydrogen (secondary N) is 1. The van der Waals surface area contributed by atoms with Gasteiger partial charge in [0.25, 0.3) is 11.6 Å². The minimum Gasteiger partial charge on any atom is -0.477 e. The maximum Gasteiger partial charge on any atom is 0.364 e. The summed E-state index contributed by atoms with van der Waals surface area (Å²) >= 11 is 0. The van der Waals surface area contributed by atoms with Crippen molar-refractivity contribution in [2.24, 2.45) is 5.73 Å². The molecular weight excluding hydrogens is 1420 g/mol. The SMILES string of the molecule is CO[C@H](CO)[C@@H](O)[C@@H]1OC(O[C@H]2[C@@H](O)[C@@H](CO)OC(O[C@H]3[C@@H](O)[C@@H](CO)OC(O[C@H]4CC(O[C@H]5[C@@H](O)[C@@H](CO)O[C@@H](O[C@H]6[C@H](O)[C@@H](O)[C@H](O)O[C@@H]6CO)[C@@H]5O)(C(=O)O)O[C@@H]([C@H](O)[C@H](O)CO)[C@@H]4NC(C)=O)[C@@H]3O)[C@@H]2O)(C(=O)O)C[C@H](O[C@H]2O[C@H](CO)[C@H](O)[C@H](O[C@@H]3O[C@@H](CO)[C@H](O)[C@H]3O)[C@H]2O)[C@H]1N. The van der Waals surface area contributed by atoms with Crippen molar-refractivity contribution in [2.45, 2.75) is 270 Å². The summed E-state index contributed by atoms with van der Waals surface area (Å²) in [7, 11) is 0.984. The van der Waals surface area contributed by atoms with Crippen LogP contribution >= 0.6 is 0 Å². The van der Waals surface area contributed by atoms with Gasteiger partial charge in [-0.15, -0.1) is 0 Å². The molecular formula is C56H94N2O45. The highest BCUT2D eigenvalue weighted by Crippen LogP contribution is 2.44. The van der Waals surface area contributed by atoms with E-state index in [1.807, 2.05) is 0 Å². The van der Waals surface area contributed by atoms with Gasteiger partial charge in [0.15, 0.2) is 37.7 Å². The van der Waals surface area contributed by atoms with E-state index in [-0.39, 0.29) is 0 Å². The molecule has 8 saturated heterocycles. The first-order chi connectivity index (χ1) is 48.6. The largest absolute Gasteiger partial charge is 0.477 e. The number of nitrogens with two attached hydrogens (primary N) is 1. The molecule has 8 aliphatic rings. The fourth-order valence-corrected chi connectivity index (χ4v) is 13.3. The summed E-state index contributed by atoms with van der Waals surface area (Å²) in [5.74, 6) is -12.5. The van der Waals surface area contributed by atoms with E-state index in [9.17, 15) is 147 Å². The second-order valence-corrected chi connectivity index (χ2v) is 25.8. The molecule has 29 N–H and O–H groups in total. The summed E-state index contributed by atoms with van der Waals surface area (Å²) in [6.45, 7) is -8.24. The Morgan fingerprint density at radius 1 is 0.437 bits per heavy atom. The van der Waals surface area contributed by atoms with Gasteiger partial charge in [-0.1, -0.05) is 0 Å². The first kappa shape index (κ1) is 85.4. The number of hydrogen-bond donors (Lipinski definition) is 28. The molecule has 0 radical (unpaired) electrons. The van der Waals surface area contributed by atoms with Gasteiger partial charge in [0.1, 0.15) is 177 Å². The lowest BCUT2D eigenvalue weighted by atomic mass is 9.87. The number of carboxylic acid groups (broad SMARTS) is 2. The van der Waals surface area contributed by atoms with Crippen LogP contribution in [0.4, 0.5) is 0 Å². The van der Waals surface area contributed by atoms with Gasteiger partial charge >= 0.3 is 11.9 Å². The Kier molecular flexibility index (Phi) is 29.9. The number of aliphatic hydroxyl groups excluding tert-OH is 24. The van der Waals surface area contributed by atoms with Crippen molar-refractivity contribution >= 4 is 17.8 Å². The number of carbonyl (C=O) groups excluding carboxylic acids is 1. The van der Waals surface area contributed by atoms with Gasteiger partial charge in [0.2, 0.25) is 5.91 Å². The summed E-state index contributed by atoms with van der Waals surface area (Å²) in [4.78, 5) is 40.7. The quantitative estimate of drug-likeness (QED) is 0.0318. The van der Waals surface area contributed by atoms with Crippen LogP contribution in [0.3, 0.4) is 0 Å². The summed E-state index contributed by atoms with van der Waals surface area (Å²) in [6.07, 6.45) is -83.3.